The Balaban J connectivity index is 1.48. The lowest BCUT2D eigenvalue weighted by molar-refractivity contribution is -0.117. The summed E-state index contributed by atoms with van der Waals surface area (Å²) in [4.78, 5) is 11.3. The minimum absolute atomic E-state index is 0.224. The number of rotatable bonds is 12. The van der Waals surface area contributed by atoms with Crippen LogP contribution >= 0.6 is 0 Å². The molecule has 0 saturated heterocycles. The largest absolute Gasteiger partial charge is 0.493 e. The lowest BCUT2D eigenvalue weighted by Crippen LogP contribution is -2.12. The van der Waals surface area contributed by atoms with Gasteiger partial charge in [0.2, 0.25) is 5.91 Å². The SMILES string of the molecule is NC(=O)CCc1ccccc1OCCC/C=C/c1cccc(NS(=O)(=O)c2ccccc2)c1. The number of unbranched alkanes of at least 4 members (excludes halogenated alkanes) is 1. The molecule has 0 fully saturated rings. The number of amides is 1. The zero-order valence-corrected chi connectivity index (χ0v) is 19.1. The van der Waals surface area contributed by atoms with Gasteiger partial charge >= 0.3 is 0 Å². The van der Waals surface area contributed by atoms with Gasteiger partial charge in [0.25, 0.3) is 10.0 Å². The van der Waals surface area contributed by atoms with Crippen LogP contribution in [0, 0.1) is 0 Å². The number of hydrogen-bond donors (Lipinski definition) is 2. The molecule has 33 heavy (non-hydrogen) atoms. The van der Waals surface area contributed by atoms with E-state index in [4.69, 9.17) is 10.5 Å². The maximum atomic E-state index is 12.5. The van der Waals surface area contributed by atoms with Crippen molar-refractivity contribution in [3.8, 4) is 5.75 Å². The van der Waals surface area contributed by atoms with Gasteiger partial charge < -0.3 is 10.5 Å². The fraction of sp³-hybridized carbons (Fsp3) is 0.192. The second-order valence-corrected chi connectivity index (χ2v) is 9.19. The van der Waals surface area contributed by atoms with Crippen molar-refractivity contribution in [1.29, 1.82) is 0 Å². The summed E-state index contributed by atoms with van der Waals surface area (Å²) in [5, 5.41) is 0. The fourth-order valence-electron chi connectivity index (χ4n) is 3.23. The van der Waals surface area contributed by atoms with E-state index >= 15 is 0 Å². The molecule has 0 unspecified atom stereocenters. The molecule has 7 heteroatoms. The second kappa shape index (κ2) is 11.9. The number of sulfonamides is 1. The van der Waals surface area contributed by atoms with Crippen LogP contribution in [0.2, 0.25) is 0 Å². The molecule has 3 aromatic rings. The molecule has 0 aliphatic rings. The second-order valence-electron chi connectivity index (χ2n) is 7.51. The lowest BCUT2D eigenvalue weighted by atomic mass is 10.1. The van der Waals surface area contributed by atoms with Crippen molar-refractivity contribution >= 4 is 27.7 Å². The maximum absolute atomic E-state index is 12.5. The molecular formula is C26H28N2O4S. The van der Waals surface area contributed by atoms with Gasteiger partial charge in [0, 0.05) is 12.1 Å². The molecule has 3 rings (SSSR count). The Bertz CT molecular complexity index is 1190. The van der Waals surface area contributed by atoms with Crippen molar-refractivity contribution in [1.82, 2.24) is 0 Å². The summed E-state index contributed by atoms with van der Waals surface area (Å²) in [5.74, 6) is 0.452. The number of para-hydroxylation sites is 1. The van der Waals surface area contributed by atoms with Crippen molar-refractivity contribution < 1.29 is 17.9 Å². The lowest BCUT2D eigenvalue weighted by Gasteiger charge is -2.10. The van der Waals surface area contributed by atoms with Crippen molar-refractivity contribution in [2.24, 2.45) is 5.73 Å². The molecule has 172 valence electrons. The molecule has 0 saturated carbocycles. The van der Waals surface area contributed by atoms with Gasteiger partial charge in [-0.15, -0.1) is 0 Å². The molecule has 6 nitrogen and oxygen atoms in total. The van der Waals surface area contributed by atoms with Crippen molar-refractivity contribution in [3.05, 3.63) is 96.1 Å². The van der Waals surface area contributed by atoms with Crippen LogP contribution in [-0.4, -0.2) is 20.9 Å². The highest BCUT2D eigenvalue weighted by Crippen LogP contribution is 2.20. The zero-order chi connectivity index (χ0) is 23.5. The van der Waals surface area contributed by atoms with E-state index in [9.17, 15) is 13.2 Å². The average molecular weight is 465 g/mol. The highest BCUT2D eigenvalue weighted by molar-refractivity contribution is 7.92. The van der Waals surface area contributed by atoms with Crippen LogP contribution < -0.4 is 15.2 Å². The summed E-state index contributed by atoms with van der Waals surface area (Å²) >= 11 is 0. The third-order valence-electron chi connectivity index (χ3n) is 4.89. The Kier molecular flexibility index (Phi) is 8.66. The van der Waals surface area contributed by atoms with E-state index in [1.807, 2.05) is 48.6 Å². The van der Waals surface area contributed by atoms with Gasteiger partial charge in [0.15, 0.2) is 0 Å². The third kappa shape index (κ3) is 7.80. The summed E-state index contributed by atoms with van der Waals surface area (Å²) in [6.07, 6.45) is 6.48. The summed E-state index contributed by atoms with van der Waals surface area (Å²) in [7, 11) is -3.62. The Morgan fingerprint density at radius 2 is 1.73 bits per heavy atom. The quantitative estimate of drug-likeness (QED) is 0.377. The summed E-state index contributed by atoms with van der Waals surface area (Å²) < 4.78 is 33.5. The standard InChI is InChI=1S/C26H28N2O4S/c27-26(29)18-17-22-12-6-7-16-25(22)32-19-8-2-3-10-21-11-9-13-23(20-21)28-33(30,31)24-14-4-1-5-15-24/h1,3-7,9-16,20,28H,2,8,17-19H2,(H2,27,29)/b10-3+. The normalized spacial score (nSPS) is 11.4. The average Bonchev–Trinajstić information content (AvgIpc) is 2.81. The van der Waals surface area contributed by atoms with E-state index in [0.717, 1.165) is 29.7 Å². The molecule has 0 aliphatic carbocycles. The predicted octanol–water partition coefficient (Wildman–Crippen LogP) is 4.78. The van der Waals surface area contributed by atoms with Crippen LogP contribution in [0.5, 0.6) is 5.75 Å². The predicted molar refractivity (Wildman–Crippen MR) is 131 cm³/mol. The topological polar surface area (TPSA) is 98.5 Å². The van der Waals surface area contributed by atoms with Gasteiger partial charge in [0.05, 0.1) is 11.5 Å². The van der Waals surface area contributed by atoms with Gasteiger partial charge in [-0.3, -0.25) is 9.52 Å². The molecule has 3 N–H and O–H groups in total. The molecular weight excluding hydrogens is 436 g/mol. The Labute approximate surface area is 195 Å². The molecule has 0 spiro atoms. The minimum Gasteiger partial charge on any atom is -0.493 e. The van der Waals surface area contributed by atoms with Crippen molar-refractivity contribution in [2.45, 2.75) is 30.6 Å². The molecule has 0 aromatic heterocycles. The number of aryl methyl sites for hydroxylation is 1. The number of carbonyl (C=O) groups excluding carboxylic acids is 1. The molecule has 1 amide bonds. The highest BCUT2D eigenvalue weighted by atomic mass is 32.2. The van der Waals surface area contributed by atoms with Crippen LogP contribution in [0.4, 0.5) is 5.69 Å². The molecule has 0 aliphatic heterocycles. The zero-order valence-electron chi connectivity index (χ0n) is 18.3. The number of primary amides is 1. The van der Waals surface area contributed by atoms with E-state index in [1.54, 1.807) is 42.5 Å². The number of ether oxygens (including phenoxy) is 1. The number of nitrogens with two attached hydrogens (primary N) is 1. The summed E-state index contributed by atoms with van der Waals surface area (Å²) in [5.41, 5.74) is 7.63. The van der Waals surface area contributed by atoms with E-state index < -0.39 is 10.0 Å². The van der Waals surface area contributed by atoms with Gasteiger partial charge in [-0.1, -0.05) is 60.7 Å². The van der Waals surface area contributed by atoms with Crippen LogP contribution in [0.15, 0.2) is 89.8 Å². The van der Waals surface area contributed by atoms with E-state index in [2.05, 4.69) is 4.72 Å². The van der Waals surface area contributed by atoms with Gasteiger partial charge in [-0.25, -0.2) is 8.42 Å². The van der Waals surface area contributed by atoms with Crippen molar-refractivity contribution in [3.63, 3.8) is 0 Å². The number of nitrogens with one attached hydrogen (secondary N) is 1. The fourth-order valence-corrected chi connectivity index (χ4v) is 4.30. The Morgan fingerprint density at radius 3 is 2.52 bits per heavy atom. The van der Waals surface area contributed by atoms with Gasteiger partial charge in [-0.2, -0.15) is 0 Å². The molecule has 0 bridgehead atoms. The number of anilines is 1. The molecule has 0 heterocycles. The van der Waals surface area contributed by atoms with Crippen LogP contribution in [-0.2, 0) is 21.2 Å². The number of hydrogen-bond acceptors (Lipinski definition) is 4. The van der Waals surface area contributed by atoms with Crippen molar-refractivity contribution in [2.75, 3.05) is 11.3 Å². The van der Waals surface area contributed by atoms with Crippen LogP contribution in [0.3, 0.4) is 0 Å². The first-order valence-corrected chi connectivity index (χ1v) is 12.3. The van der Waals surface area contributed by atoms with Crippen LogP contribution in [0.1, 0.15) is 30.4 Å². The summed E-state index contributed by atoms with van der Waals surface area (Å²) in [6.45, 7) is 0.550. The van der Waals surface area contributed by atoms with Crippen LogP contribution in [0.25, 0.3) is 6.08 Å². The van der Waals surface area contributed by atoms with E-state index in [1.165, 1.54) is 0 Å². The Hall–Kier alpha value is -3.58. The maximum Gasteiger partial charge on any atom is 0.261 e. The Morgan fingerprint density at radius 1 is 0.970 bits per heavy atom. The molecule has 3 aromatic carbocycles. The monoisotopic (exact) mass is 464 g/mol. The van der Waals surface area contributed by atoms with Gasteiger partial charge in [-0.05, 0) is 60.7 Å². The smallest absolute Gasteiger partial charge is 0.261 e. The van der Waals surface area contributed by atoms with E-state index in [-0.39, 0.29) is 10.8 Å². The molecule has 0 radical (unpaired) electrons. The number of benzene rings is 3. The minimum atomic E-state index is -3.62. The molecule has 0 atom stereocenters. The summed E-state index contributed by atoms with van der Waals surface area (Å²) in [6, 6.07) is 23.2. The highest BCUT2D eigenvalue weighted by Gasteiger charge is 2.13. The first-order valence-electron chi connectivity index (χ1n) is 10.8. The first-order chi connectivity index (χ1) is 15.9. The van der Waals surface area contributed by atoms with Gasteiger partial charge in [0.1, 0.15) is 5.75 Å². The van der Waals surface area contributed by atoms with E-state index in [0.29, 0.717) is 25.1 Å². The number of carbonyl (C=O) groups is 1. The third-order valence-corrected chi connectivity index (χ3v) is 6.29. The number of allylic oxidation sites excluding steroid dienone is 1. The first kappa shape index (κ1) is 24.1.